The first-order valence-electron chi connectivity index (χ1n) is 12.6. The Labute approximate surface area is 218 Å². The van der Waals surface area contributed by atoms with E-state index >= 15 is 0 Å². The summed E-state index contributed by atoms with van der Waals surface area (Å²) >= 11 is 0. The fourth-order valence-electron chi connectivity index (χ4n) is 6.57. The van der Waals surface area contributed by atoms with Crippen molar-refractivity contribution >= 4 is 42.5 Å². The van der Waals surface area contributed by atoms with Crippen LogP contribution in [0.15, 0.2) is 123 Å². The molecule has 1 aromatic heterocycles. The molecular formula is C34H18O3S. The zero-order valence-corrected chi connectivity index (χ0v) is 20.8. The van der Waals surface area contributed by atoms with E-state index in [-0.39, 0.29) is 0 Å². The Balaban J connectivity index is 1.46. The number of hydrogen-bond acceptors (Lipinski definition) is 3. The topological polar surface area (TPSA) is 47.3 Å². The summed E-state index contributed by atoms with van der Waals surface area (Å²) in [4.78, 5) is 0.734. The highest BCUT2D eigenvalue weighted by Crippen LogP contribution is 2.55. The minimum absolute atomic E-state index is 0.362. The van der Waals surface area contributed by atoms with E-state index in [1.54, 1.807) is 18.2 Å². The van der Waals surface area contributed by atoms with Gasteiger partial charge in [-0.05, 0) is 63.4 Å². The predicted octanol–water partition coefficient (Wildman–Crippen LogP) is 8.87. The van der Waals surface area contributed by atoms with Gasteiger partial charge in [0.2, 0.25) is 9.84 Å². The summed E-state index contributed by atoms with van der Waals surface area (Å²) in [7, 11) is -3.54. The van der Waals surface area contributed by atoms with E-state index in [0.29, 0.717) is 9.79 Å². The number of fused-ring (bicyclic) bond motifs is 9. The van der Waals surface area contributed by atoms with Gasteiger partial charge < -0.3 is 4.42 Å². The SMILES string of the molecule is O=S1(=O)c2ccccc2-c2cc(-c3c4c(cc5c3oc3ccccc35)-c3cccc5cccc-4c35)ccc21. The van der Waals surface area contributed by atoms with Crippen molar-refractivity contribution in [3.05, 3.63) is 109 Å². The molecular weight excluding hydrogens is 488 g/mol. The van der Waals surface area contributed by atoms with Crippen molar-refractivity contribution in [2.75, 3.05) is 0 Å². The van der Waals surface area contributed by atoms with Gasteiger partial charge in [-0.25, -0.2) is 8.42 Å². The maximum absolute atomic E-state index is 13.3. The molecule has 7 aromatic rings. The lowest BCUT2D eigenvalue weighted by atomic mass is 9.89. The minimum atomic E-state index is -3.54. The first-order valence-corrected chi connectivity index (χ1v) is 14.1. The Morgan fingerprint density at radius 2 is 1.26 bits per heavy atom. The summed E-state index contributed by atoms with van der Waals surface area (Å²) in [6.07, 6.45) is 0. The number of benzene rings is 6. The molecule has 0 amide bonds. The van der Waals surface area contributed by atoms with Crippen LogP contribution in [0.2, 0.25) is 0 Å². The molecule has 0 atom stereocenters. The van der Waals surface area contributed by atoms with Gasteiger partial charge in [-0.2, -0.15) is 0 Å². The van der Waals surface area contributed by atoms with Crippen LogP contribution in [0.3, 0.4) is 0 Å². The molecule has 0 radical (unpaired) electrons. The van der Waals surface area contributed by atoms with Crippen LogP contribution in [-0.4, -0.2) is 8.42 Å². The number of furan rings is 1. The monoisotopic (exact) mass is 506 g/mol. The van der Waals surface area contributed by atoms with Gasteiger partial charge in [0, 0.05) is 33.0 Å². The number of para-hydroxylation sites is 1. The molecule has 3 nitrogen and oxygen atoms in total. The summed E-state index contributed by atoms with van der Waals surface area (Å²) in [5, 5.41) is 4.59. The van der Waals surface area contributed by atoms with Crippen molar-refractivity contribution in [2.24, 2.45) is 0 Å². The maximum atomic E-state index is 13.3. The molecule has 178 valence electrons. The normalized spacial score (nSPS) is 14.2. The molecule has 6 aromatic carbocycles. The highest BCUT2D eigenvalue weighted by Gasteiger charge is 2.34. The lowest BCUT2D eigenvalue weighted by Crippen LogP contribution is -1.96. The van der Waals surface area contributed by atoms with Gasteiger partial charge in [-0.15, -0.1) is 0 Å². The third-order valence-electron chi connectivity index (χ3n) is 8.16. The van der Waals surface area contributed by atoms with Crippen molar-refractivity contribution < 1.29 is 12.8 Å². The zero-order valence-electron chi connectivity index (χ0n) is 20.0. The van der Waals surface area contributed by atoms with Crippen LogP contribution in [0.5, 0.6) is 0 Å². The Kier molecular flexibility index (Phi) is 3.65. The number of hydrogen-bond donors (Lipinski definition) is 0. The van der Waals surface area contributed by atoms with Crippen molar-refractivity contribution in [1.82, 2.24) is 0 Å². The first kappa shape index (κ1) is 20.4. The van der Waals surface area contributed by atoms with Gasteiger partial charge in [0.05, 0.1) is 9.79 Å². The quantitative estimate of drug-likeness (QED) is 0.223. The van der Waals surface area contributed by atoms with E-state index < -0.39 is 9.84 Å². The Hall–Kier alpha value is -4.67. The van der Waals surface area contributed by atoms with E-state index in [9.17, 15) is 8.42 Å². The summed E-state index contributed by atoms with van der Waals surface area (Å²) in [6, 6.07) is 36.3. The molecule has 0 saturated carbocycles. The van der Waals surface area contributed by atoms with Crippen LogP contribution in [0.4, 0.5) is 0 Å². The number of rotatable bonds is 1. The fourth-order valence-corrected chi connectivity index (χ4v) is 8.24. The van der Waals surface area contributed by atoms with Crippen LogP contribution < -0.4 is 0 Å². The standard InChI is InChI=1S/C34H18O3S/c35-38(36)29-14-4-2-10-22(29)25-17-20(15-16-30(25)38)32-33-24-12-6-8-19-7-5-11-23(31(19)24)26(33)18-27-21-9-1-3-13-28(21)37-34(27)32/h1-18H. The number of sulfone groups is 1. The average Bonchev–Trinajstić information content (AvgIpc) is 3.56. The van der Waals surface area contributed by atoms with Crippen molar-refractivity contribution in [2.45, 2.75) is 9.79 Å². The van der Waals surface area contributed by atoms with Gasteiger partial charge in [-0.1, -0.05) is 78.9 Å². The lowest BCUT2D eigenvalue weighted by molar-refractivity contribution is 0.598. The highest BCUT2D eigenvalue weighted by molar-refractivity contribution is 7.92. The first-order chi connectivity index (χ1) is 18.6. The van der Waals surface area contributed by atoms with E-state index in [1.807, 2.05) is 42.5 Å². The van der Waals surface area contributed by atoms with E-state index in [2.05, 4.69) is 48.5 Å². The van der Waals surface area contributed by atoms with Crippen molar-refractivity contribution in [3.8, 4) is 44.5 Å². The average molecular weight is 507 g/mol. The minimum Gasteiger partial charge on any atom is -0.455 e. The molecule has 0 N–H and O–H groups in total. The van der Waals surface area contributed by atoms with Gasteiger partial charge >= 0.3 is 0 Å². The highest BCUT2D eigenvalue weighted by atomic mass is 32.2. The molecule has 0 fully saturated rings. The van der Waals surface area contributed by atoms with Gasteiger partial charge in [0.1, 0.15) is 11.2 Å². The molecule has 9 rings (SSSR count). The molecule has 0 unspecified atom stereocenters. The molecule has 0 spiro atoms. The summed E-state index contributed by atoms with van der Waals surface area (Å²) < 4.78 is 33.2. The molecule has 1 aliphatic heterocycles. The van der Waals surface area contributed by atoms with Crippen LogP contribution in [0, 0.1) is 0 Å². The second-order valence-electron chi connectivity index (χ2n) is 10.1. The molecule has 4 heteroatoms. The summed E-state index contributed by atoms with van der Waals surface area (Å²) in [5.74, 6) is 0. The third kappa shape index (κ3) is 2.37. The smallest absolute Gasteiger partial charge is 0.207 e. The third-order valence-corrected chi connectivity index (χ3v) is 10.0. The molecule has 38 heavy (non-hydrogen) atoms. The second-order valence-corrected chi connectivity index (χ2v) is 12.0. The molecule has 2 aliphatic rings. The van der Waals surface area contributed by atoms with Gasteiger partial charge in [-0.3, -0.25) is 0 Å². The van der Waals surface area contributed by atoms with Crippen LogP contribution >= 0.6 is 0 Å². The predicted molar refractivity (Wildman–Crippen MR) is 152 cm³/mol. The Bertz CT molecular complexity index is 2300. The van der Waals surface area contributed by atoms with Gasteiger partial charge in [0.25, 0.3) is 0 Å². The summed E-state index contributed by atoms with van der Waals surface area (Å²) in [6.45, 7) is 0. The maximum Gasteiger partial charge on any atom is 0.207 e. The van der Waals surface area contributed by atoms with E-state index in [1.165, 1.54) is 27.5 Å². The zero-order chi connectivity index (χ0) is 25.2. The van der Waals surface area contributed by atoms with Gasteiger partial charge in [0.15, 0.2) is 0 Å². The van der Waals surface area contributed by atoms with Crippen LogP contribution in [-0.2, 0) is 9.84 Å². The molecule has 1 aliphatic carbocycles. The second kappa shape index (κ2) is 6.80. The lowest BCUT2D eigenvalue weighted by Gasteiger charge is -2.13. The Morgan fingerprint density at radius 1 is 0.526 bits per heavy atom. The Morgan fingerprint density at radius 3 is 2.16 bits per heavy atom. The molecule has 0 bridgehead atoms. The summed E-state index contributed by atoms with van der Waals surface area (Å²) in [5.41, 5.74) is 9.82. The van der Waals surface area contributed by atoms with Crippen molar-refractivity contribution in [3.63, 3.8) is 0 Å². The van der Waals surface area contributed by atoms with Crippen LogP contribution in [0.1, 0.15) is 0 Å². The van der Waals surface area contributed by atoms with E-state index in [4.69, 9.17) is 4.42 Å². The molecule has 2 heterocycles. The molecule has 0 saturated heterocycles. The van der Waals surface area contributed by atoms with Crippen LogP contribution in [0.25, 0.3) is 77.2 Å². The largest absolute Gasteiger partial charge is 0.455 e. The van der Waals surface area contributed by atoms with Crippen molar-refractivity contribution in [1.29, 1.82) is 0 Å². The van der Waals surface area contributed by atoms with E-state index in [0.717, 1.165) is 49.8 Å². The fraction of sp³-hybridized carbons (Fsp3) is 0.